The van der Waals surface area contributed by atoms with E-state index in [1.54, 1.807) is 6.07 Å². The first-order valence-electron chi connectivity index (χ1n) is 9.16. The zero-order chi connectivity index (χ0) is 18.3. The van der Waals surface area contributed by atoms with Crippen molar-refractivity contribution in [1.29, 1.82) is 0 Å². The number of benzene rings is 2. The van der Waals surface area contributed by atoms with Gasteiger partial charge in [-0.2, -0.15) is 0 Å². The van der Waals surface area contributed by atoms with Crippen molar-refractivity contribution >= 4 is 32.4 Å². The van der Waals surface area contributed by atoms with E-state index in [1.807, 2.05) is 36.4 Å². The third kappa shape index (κ3) is 3.30. The zero-order valence-electron chi connectivity index (χ0n) is 14.9. The number of hydrogen-bond donors (Lipinski definition) is 1. The molecule has 1 N–H and O–H groups in total. The number of nitrogens with zero attached hydrogens (tertiary/aromatic N) is 1. The third-order valence-corrected chi connectivity index (χ3v) is 6.93. The van der Waals surface area contributed by atoms with Gasteiger partial charge in [-0.15, -0.1) is 0 Å². The Morgan fingerprint density at radius 1 is 1.12 bits per heavy atom. The van der Waals surface area contributed by atoms with E-state index < -0.39 is 10.0 Å². The first kappa shape index (κ1) is 17.3. The second-order valence-corrected chi connectivity index (χ2v) is 9.52. The van der Waals surface area contributed by atoms with Crippen LogP contribution in [0.3, 0.4) is 0 Å². The zero-order valence-corrected chi connectivity index (χ0v) is 15.7. The Labute approximate surface area is 154 Å². The molecule has 4 rings (SSSR count). The Balaban J connectivity index is 1.58. The molecule has 2 saturated carbocycles. The van der Waals surface area contributed by atoms with Gasteiger partial charge < -0.3 is 5.32 Å². The topological polar surface area (TPSA) is 66.5 Å². The quantitative estimate of drug-likeness (QED) is 0.878. The maximum atomic E-state index is 12.6. The van der Waals surface area contributed by atoms with Crippen LogP contribution >= 0.6 is 0 Å². The van der Waals surface area contributed by atoms with E-state index in [4.69, 9.17) is 0 Å². The van der Waals surface area contributed by atoms with Gasteiger partial charge in [0.1, 0.15) is 6.54 Å². The molecule has 0 spiro atoms. The van der Waals surface area contributed by atoms with Crippen molar-refractivity contribution in [1.82, 2.24) is 5.32 Å². The summed E-state index contributed by atoms with van der Waals surface area (Å²) >= 11 is 0. The number of amides is 1. The van der Waals surface area contributed by atoms with Gasteiger partial charge in [0.2, 0.25) is 15.9 Å². The largest absolute Gasteiger partial charge is 0.352 e. The fourth-order valence-corrected chi connectivity index (χ4v) is 5.48. The van der Waals surface area contributed by atoms with Gasteiger partial charge in [0.05, 0.1) is 11.9 Å². The Morgan fingerprint density at radius 2 is 1.88 bits per heavy atom. The Morgan fingerprint density at radius 3 is 2.58 bits per heavy atom. The molecule has 138 valence electrons. The highest BCUT2D eigenvalue weighted by atomic mass is 32.2. The smallest absolute Gasteiger partial charge is 0.241 e. The molecule has 5 nitrogen and oxygen atoms in total. The van der Waals surface area contributed by atoms with Gasteiger partial charge in [-0.3, -0.25) is 9.10 Å². The number of carbonyl (C=O) groups is 1. The molecule has 2 aliphatic carbocycles. The second kappa shape index (κ2) is 6.58. The molecule has 2 aromatic carbocycles. The van der Waals surface area contributed by atoms with Gasteiger partial charge in [0.25, 0.3) is 0 Å². The minimum absolute atomic E-state index is 0.180. The van der Waals surface area contributed by atoms with Crippen molar-refractivity contribution in [2.45, 2.75) is 31.7 Å². The summed E-state index contributed by atoms with van der Waals surface area (Å²) in [5.41, 5.74) is 0.550. The van der Waals surface area contributed by atoms with Crippen LogP contribution in [0.25, 0.3) is 10.8 Å². The Bertz CT molecular complexity index is 936. The average Bonchev–Trinajstić information content (AvgIpc) is 3.21. The highest BCUT2D eigenvalue weighted by molar-refractivity contribution is 7.92. The maximum Gasteiger partial charge on any atom is 0.241 e. The van der Waals surface area contributed by atoms with Crippen LogP contribution in [0, 0.1) is 11.8 Å². The van der Waals surface area contributed by atoms with E-state index in [1.165, 1.54) is 23.6 Å². The number of fused-ring (bicyclic) bond motifs is 3. The molecule has 2 bridgehead atoms. The van der Waals surface area contributed by atoms with Crippen molar-refractivity contribution in [2.24, 2.45) is 11.8 Å². The monoisotopic (exact) mass is 372 g/mol. The van der Waals surface area contributed by atoms with Gasteiger partial charge in [-0.1, -0.05) is 42.8 Å². The second-order valence-electron chi connectivity index (χ2n) is 7.62. The van der Waals surface area contributed by atoms with E-state index in [0.29, 0.717) is 11.6 Å². The SMILES string of the molecule is CS(=O)(=O)N(CC(=O)N[C@@H]1C[C@@H]2CC[C@@H]1C2)c1cccc2ccccc12. The summed E-state index contributed by atoms with van der Waals surface area (Å²) in [6, 6.07) is 13.3. The fraction of sp³-hybridized carbons (Fsp3) is 0.450. The molecule has 0 saturated heterocycles. The van der Waals surface area contributed by atoms with E-state index in [0.717, 1.165) is 29.4 Å². The van der Waals surface area contributed by atoms with Crippen LogP contribution in [0.2, 0.25) is 0 Å². The molecule has 2 fully saturated rings. The van der Waals surface area contributed by atoms with Crippen LogP contribution in [0.1, 0.15) is 25.7 Å². The van der Waals surface area contributed by atoms with Crippen LogP contribution in [0.15, 0.2) is 42.5 Å². The minimum Gasteiger partial charge on any atom is -0.352 e. The van der Waals surface area contributed by atoms with Crippen molar-refractivity contribution in [3.8, 4) is 0 Å². The summed E-state index contributed by atoms with van der Waals surface area (Å²) in [6.07, 6.45) is 5.82. The number of anilines is 1. The summed E-state index contributed by atoms with van der Waals surface area (Å²) in [7, 11) is -3.58. The highest BCUT2D eigenvalue weighted by Gasteiger charge is 2.40. The van der Waals surface area contributed by atoms with E-state index in [-0.39, 0.29) is 18.5 Å². The van der Waals surface area contributed by atoms with E-state index in [9.17, 15) is 13.2 Å². The van der Waals surface area contributed by atoms with Crippen LogP contribution in [-0.2, 0) is 14.8 Å². The number of rotatable bonds is 5. The van der Waals surface area contributed by atoms with E-state index in [2.05, 4.69) is 5.32 Å². The molecule has 3 atom stereocenters. The molecule has 0 aliphatic heterocycles. The lowest BCUT2D eigenvalue weighted by atomic mass is 9.95. The molecule has 0 radical (unpaired) electrons. The van der Waals surface area contributed by atoms with Gasteiger partial charge in [-0.25, -0.2) is 8.42 Å². The summed E-state index contributed by atoms with van der Waals surface area (Å²) in [6.45, 7) is -0.180. The number of hydrogen-bond acceptors (Lipinski definition) is 3. The first-order chi connectivity index (χ1) is 12.4. The predicted molar refractivity (Wildman–Crippen MR) is 104 cm³/mol. The summed E-state index contributed by atoms with van der Waals surface area (Å²) in [5, 5.41) is 4.86. The lowest BCUT2D eigenvalue weighted by molar-refractivity contribution is -0.120. The molecule has 2 aromatic rings. The average molecular weight is 372 g/mol. The number of sulfonamides is 1. The van der Waals surface area contributed by atoms with Crippen LogP contribution < -0.4 is 9.62 Å². The normalized spacial score (nSPS) is 24.7. The van der Waals surface area contributed by atoms with Crippen molar-refractivity contribution in [3.05, 3.63) is 42.5 Å². The summed E-state index contributed by atoms with van der Waals surface area (Å²) < 4.78 is 26.1. The minimum atomic E-state index is -3.58. The van der Waals surface area contributed by atoms with Crippen LogP contribution in [-0.4, -0.2) is 33.2 Å². The molecule has 26 heavy (non-hydrogen) atoms. The van der Waals surface area contributed by atoms with Crippen LogP contribution in [0.4, 0.5) is 5.69 Å². The Kier molecular flexibility index (Phi) is 4.39. The molecule has 0 unspecified atom stereocenters. The summed E-state index contributed by atoms with van der Waals surface area (Å²) in [4.78, 5) is 12.6. The van der Waals surface area contributed by atoms with Crippen molar-refractivity contribution < 1.29 is 13.2 Å². The van der Waals surface area contributed by atoms with Crippen molar-refractivity contribution in [3.63, 3.8) is 0 Å². The third-order valence-electron chi connectivity index (χ3n) is 5.81. The molecular formula is C20H24N2O3S. The fourth-order valence-electron chi connectivity index (χ4n) is 4.61. The molecule has 1 amide bonds. The van der Waals surface area contributed by atoms with Gasteiger partial charge in [0, 0.05) is 11.4 Å². The molecule has 2 aliphatic rings. The molecule has 6 heteroatoms. The molecule has 0 heterocycles. The standard InChI is InChI=1S/C20H24N2O3S/c1-26(24,25)22(19-8-4-6-15-5-2-3-7-17(15)19)13-20(23)21-18-12-14-9-10-16(18)11-14/h2-8,14,16,18H,9-13H2,1H3,(H,21,23)/t14-,16-,18-/m1/s1. The van der Waals surface area contributed by atoms with Gasteiger partial charge in [-0.05, 0) is 42.6 Å². The maximum absolute atomic E-state index is 12.6. The van der Waals surface area contributed by atoms with Gasteiger partial charge in [0.15, 0.2) is 0 Å². The predicted octanol–water partition coefficient (Wildman–Crippen LogP) is 2.91. The van der Waals surface area contributed by atoms with Crippen molar-refractivity contribution in [2.75, 3.05) is 17.1 Å². The van der Waals surface area contributed by atoms with E-state index >= 15 is 0 Å². The Hall–Kier alpha value is -2.08. The lowest BCUT2D eigenvalue weighted by Crippen LogP contribution is -2.45. The molecular weight excluding hydrogens is 348 g/mol. The highest BCUT2D eigenvalue weighted by Crippen LogP contribution is 2.44. The van der Waals surface area contributed by atoms with Gasteiger partial charge >= 0.3 is 0 Å². The number of nitrogens with one attached hydrogen (secondary N) is 1. The van der Waals surface area contributed by atoms with Crippen LogP contribution in [0.5, 0.6) is 0 Å². The first-order valence-corrected chi connectivity index (χ1v) is 11.0. The molecule has 0 aromatic heterocycles. The summed E-state index contributed by atoms with van der Waals surface area (Å²) in [5.74, 6) is 1.07. The number of carbonyl (C=O) groups excluding carboxylic acids is 1. The lowest BCUT2D eigenvalue weighted by Gasteiger charge is -2.27.